The molecule has 0 spiro atoms. The van der Waals surface area contributed by atoms with E-state index >= 15 is 0 Å². The molecule has 1 aromatic carbocycles. The molecule has 0 radical (unpaired) electrons. The molecule has 142 valence electrons. The molecule has 1 aromatic rings. The summed E-state index contributed by atoms with van der Waals surface area (Å²) in [6, 6.07) is 8.10. The maximum atomic E-state index is 12.5. The number of guanidine groups is 1. The van der Waals surface area contributed by atoms with Crippen LogP contribution in [0.2, 0.25) is 0 Å². The van der Waals surface area contributed by atoms with E-state index in [4.69, 9.17) is 0 Å². The molecule has 2 rings (SSSR count). The Morgan fingerprint density at radius 3 is 2.76 bits per heavy atom. The summed E-state index contributed by atoms with van der Waals surface area (Å²) >= 11 is 0. The van der Waals surface area contributed by atoms with Crippen LogP contribution < -0.4 is 10.6 Å². The van der Waals surface area contributed by atoms with E-state index in [2.05, 4.69) is 21.7 Å². The van der Waals surface area contributed by atoms with Gasteiger partial charge in [-0.1, -0.05) is 29.8 Å². The Morgan fingerprint density at radius 2 is 2.12 bits per heavy atom. The van der Waals surface area contributed by atoms with Crippen LogP contribution in [0.3, 0.4) is 0 Å². The summed E-state index contributed by atoms with van der Waals surface area (Å²) in [6.07, 6.45) is -3.45. The second kappa shape index (κ2) is 10.2. The van der Waals surface area contributed by atoms with Crippen molar-refractivity contribution < 1.29 is 13.2 Å². The number of hydrogen-bond acceptors (Lipinski definition) is 2. The van der Waals surface area contributed by atoms with Gasteiger partial charge in [0.2, 0.25) is 0 Å². The van der Waals surface area contributed by atoms with Crippen molar-refractivity contribution in [1.82, 2.24) is 15.5 Å². The maximum Gasteiger partial charge on any atom is 0.401 e. The van der Waals surface area contributed by atoms with E-state index in [0.29, 0.717) is 38.6 Å². The SMILES string of the molecule is CCNC(=NCc1cccc(C)c1)NC1CCN(CC(F)(F)F)C1.I. The topological polar surface area (TPSA) is 39.7 Å². The van der Waals surface area contributed by atoms with Gasteiger partial charge in [-0.3, -0.25) is 4.90 Å². The molecule has 8 heteroatoms. The number of likely N-dealkylation sites (tertiary alicyclic amines) is 1. The van der Waals surface area contributed by atoms with Crippen LogP contribution >= 0.6 is 24.0 Å². The first-order valence-electron chi connectivity index (χ1n) is 8.25. The van der Waals surface area contributed by atoms with E-state index in [1.165, 1.54) is 10.5 Å². The summed E-state index contributed by atoms with van der Waals surface area (Å²) in [4.78, 5) is 5.97. The molecule has 0 aromatic heterocycles. The van der Waals surface area contributed by atoms with E-state index in [0.717, 1.165) is 5.56 Å². The second-order valence-corrected chi connectivity index (χ2v) is 6.16. The quantitative estimate of drug-likeness (QED) is 0.394. The third-order valence-corrected chi connectivity index (χ3v) is 3.86. The van der Waals surface area contributed by atoms with Crippen LogP contribution in [-0.2, 0) is 6.54 Å². The minimum absolute atomic E-state index is 0. The molecular weight excluding hydrogens is 444 g/mol. The lowest BCUT2D eigenvalue weighted by molar-refractivity contribution is -0.143. The normalized spacial score (nSPS) is 18.8. The number of rotatable bonds is 5. The van der Waals surface area contributed by atoms with E-state index in [1.807, 2.05) is 32.0 Å². The van der Waals surface area contributed by atoms with Crippen LogP contribution in [0.5, 0.6) is 0 Å². The highest BCUT2D eigenvalue weighted by Gasteiger charge is 2.34. The van der Waals surface area contributed by atoms with E-state index in [1.54, 1.807) is 0 Å². The van der Waals surface area contributed by atoms with Crippen molar-refractivity contribution in [1.29, 1.82) is 0 Å². The Balaban J connectivity index is 0.00000312. The van der Waals surface area contributed by atoms with Gasteiger partial charge in [0.05, 0.1) is 13.1 Å². The molecule has 1 fully saturated rings. The van der Waals surface area contributed by atoms with Crippen molar-refractivity contribution in [2.75, 3.05) is 26.2 Å². The average Bonchev–Trinajstić information content (AvgIpc) is 2.90. The highest BCUT2D eigenvalue weighted by Crippen LogP contribution is 2.19. The minimum atomic E-state index is -4.14. The van der Waals surface area contributed by atoms with Gasteiger partial charge >= 0.3 is 6.18 Å². The number of halogens is 4. The lowest BCUT2D eigenvalue weighted by atomic mass is 10.1. The predicted octanol–water partition coefficient (Wildman–Crippen LogP) is 3.30. The van der Waals surface area contributed by atoms with Crippen molar-refractivity contribution in [2.45, 2.75) is 39.0 Å². The Kier molecular flexibility index (Phi) is 8.98. The van der Waals surface area contributed by atoms with Crippen LogP contribution in [0.4, 0.5) is 13.2 Å². The van der Waals surface area contributed by atoms with Crippen LogP contribution in [-0.4, -0.2) is 49.3 Å². The number of alkyl halides is 3. The zero-order valence-corrected chi connectivity index (χ0v) is 16.9. The van der Waals surface area contributed by atoms with Gasteiger partial charge in [0.1, 0.15) is 0 Å². The number of hydrogen-bond donors (Lipinski definition) is 2. The summed E-state index contributed by atoms with van der Waals surface area (Å²) in [5, 5.41) is 6.40. The molecular formula is C17H26F3IN4. The molecule has 0 amide bonds. The van der Waals surface area contributed by atoms with Gasteiger partial charge in [0.15, 0.2) is 5.96 Å². The van der Waals surface area contributed by atoms with Crippen molar-refractivity contribution >= 4 is 29.9 Å². The number of nitrogens with zero attached hydrogens (tertiary/aromatic N) is 2. The summed E-state index contributed by atoms with van der Waals surface area (Å²) in [6.45, 7) is 5.23. The molecule has 1 aliphatic heterocycles. The smallest absolute Gasteiger partial charge is 0.357 e. The minimum Gasteiger partial charge on any atom is -0.357 e. The van der Waals surface area contributed by atoms with Gasteiger partial charge in [-0.05, 0) is 25.8 Å². The van der Waals surface area contributed by atoms with Crippen LogP contribution in [0.15, 0.2) is 29.3 Å². The van der Waals surface area contributed by atoms with Gasteiger partial charge in [0.25, 0.3) is 0 Å². The summed E-state index contributed by atoms with van der Waals surface area (Å²) < 4.78 is 37.4. The molecule has 4 nitrogen and oxygen atoms in total. The average molecular weight is 470 g/mol. The van der Waals surface area contributed by atoms with Crippen LogP contribution in [0.25, 0.3) is 0 Å². The Hall–Kier alpha value is -1.03. The molecule has 1 heterocycles. The van der Waals surface area contributed by atoms with Gasteiger partial charge < -0.3 is 10.6 Å². The third kappa shape index (κ3) is 8.26. The molecule has 1 unspecified atom stereocenters. The Morgan fingerprint density at radius 1 is 1.36 bits per heavy atom. The fraction of sp³-hybridized carbons (Fsp3) is 0.588. The fourth-order valence-corrected chi connectivity index (χ4v) is 2.84. The van der Waals surface area contributed by atoms with Gasteiger partial charge in [0, 0.05) is 25.7 Å². The molecule has 25 heavy (non-hydrogen) atoms. The van der Waals surface area contributed by atoms with Gasteiger partial charge in [-0.25, -0.2) is 4.99 Å². The molecule has 0 bridgehead atoms. The Labute approximate surface area is 164 Å². The van der Waals surface area contributed by atoms with Gasteiger partial charge in [-0.15, -0.1) is 24.0 Å². The van der Waals surface area contributed by atoms with E-state index in [-0.39, 0.29) is 30.0 Å². The van der Waals surface area contributed by atoms with Crippen molar-refractivity contribution in [3.05, 3.63) is 35.4 Å². The first-order chi connectivity index (χ1) is 11.4. The predicted molar refractivity (Wildman–Crippen MR) is 105 cm³/mol. The monoisotopic (exact) mass is 470 g/mol. The molecule has 0 saturated carbocycles. The highest BCUT2D eigenvalue weighted by molar-refractivity contribution is 14.0. The van der Waals surface area contributed by atoms with Crippen LogP contribution in [0.1, 0.15) is 24.5 Å². The summed E-state index contributed by atoms with van der Waals surface area (Å²) in [5.74, 6) is 0.651. The van der Waals surface area contributed by atoms with Crippen molar-refractivity contribution in [2.24, 2.45) is 4.99 Å². The first-order valence-corrected chi connectivity index (χ1v) is 8.25. The van der Waals surface area contributed by atoms with Crippen molar-refractivity contribution in [3.8, 4) is 0 Å². The molecule has 1 atom stereocenters. The lowest BCUT2D eigenvalue weighted by Gasteiger charge is -2.19. The second-order valence-electron chi connectivity index (χ2n) is 6.16. The summed E-state index contributed by atoms with van der Waals surface area (Å²) in [5.41, 5.74) is 2.29. The molecule has 2 N–H and O–H groups in total. The number of benzene rings is 1. The summed E-state index contributed by atoms with van der Waals surface area (Å²) in [7, 11) is 0. The van der Waals surface area contributed by atoms with Crippen molar-refractivity contribution in [3.63, 3.8) is 0 Å². The highest BCUT2D eigenvalue weighted by atomic mass is 127. The zero-order chi connectivity index (χ0) is 17.6. The molecule has 1 aliphatic rings. The largest absolute Gasteiger partial charge is 0.401 e. The number of aliphatic imine (C=N–C) groups is 1. The lowest BCUT2D eigenvalue weighted by Crippen LogP contribution is -2.45. The molecule has 1 saturated heterocycles. The van der Waals surface area contributed by atoms with E-state index < -0.39 is 12.7 Å². The third-order valence-electron chi connectivity index (χ3n) is 3.86. The zero-order valence-electron chi connectivity index (χ0n) is 14.6. The van der Waals surface area contributed by atoms with Crippen LogP contribution in [0, 0.1) is 6.92 Å². The maximum absolute atomic E-state index is 12.5. The standard InChI is InChI=1S/C17H25F3N4.HI/c1-3-21-16(22-10-14-6-4-5-13(2)9-14)23-15-7-8-24(11-15)12-17(18,19)20;/h4-6,9,15H,3,7-8,10-12H2,1-2H3,(H2,21,22,23);1H. The fourth-order valence-electron chi connectivity index (χ4n) is 2.84. The Bertz CT molecular complexity index is 563. The number of nitrogens with one attached hydrogen (secondary N) is 2. The molecule has 0 aliphatic carbocycles. The van der Waals surface area contributed by atoms with E-state index in [9.17, 15) is 13.2 Å². The number of aryl methyl sites for hydroxylation is 1. The van der Waals surface area contributed by atoms with Gasteiger partial charge in [-0.2, -0.15) is 13.2 Å². The first kappa shape index (κ1) is 22.0.